The molecule has 0 saturated carbocycles. The highest BCUT2D eigenvalue weighted by Gasteiger charge is 2.06. The Labute approximate surface area is 62.1 Å². The fourth-order valence-electron chi connectivity index (χ4n) is 0.453. The van der Waals surface area contributed by atoms with Crippen LogP contribution in [0.3, 0.4) is 0 Å². The van der Waals surface area contributed by atoms with E-state index in [-0.39, 0.29) is 5.75 Å². The molecular formula is C3H5N3O2S2. The number of nitrogens with two attached hydrogens (primary N) is 1. The minimum Gasteiger partial charge on any atom is -0.228 e. The normalized spacial score (nSPS) is 11.7. The van der Waals surface area contributed by atoms with Crippen molar-refractivity contribution < 1.29 is 8.42 Å². The van der Waals surface area contributed by atoms with Gasteiger partial charge >= 0.3 is 0 Å². The van der Waals surface area contributed by atoms with Crippen molar-refractivity contribution in [1.82, 2.24) is 9.59 Å². The highest BCUT2D eigenvalue weighted by atomic mass is 32.2. The molecule has 1 rings (SSSR count). The topological polar surface area (TPSA) is 85.9 Å². The maximum atomic E-state index is 10.4. The summed E-state index contributed by atoms with van der Waals surface area (Å²) in [5.74, 6) is -0.233. The predicted molar refractivity (Wildman–Crippen MR) is 36.7 cm³/mol. The van der Waals surface area contributed by atoms with Gasteiger partial charge in [-0.25, -0.2) is 13.6 Å². The van der Waals surface area contributed by atoms with Crippen molar-refractivity contribution in [1.29, 1.82) is 0 Å². The zero-order chi connectivity index (χ0) is 7.61. The Morgan fingerprint density at radius 1 is 1.70 bits per heavy atom. The summed E-state index contributed by atoms with van der Waals surface area (Å²) in [5, 5.41) is 9.79. The first-order valence-corrected chi connectivity index (χ1v) is 4.89. The van der Waals surface area contributed by atoms with E-state index < -0.39 is 10.0 Å². The quantitative estimate of drug-likeness (QED) is 0.652. The standard InChI is InChI=1S/C3H5N3O2S2/c4-10(7,8)2-3-1-9-6-5-3/h1H,2H2,(H2,4,7,8). The van der Waals surface area contributed by atoms with Gasteiger partial charge in [-0.1, -0.05) is 4.49 Å². The number of sulfonamides is 1. The Morgan fingerprint density at radius 3 is 2.80 bits per heavy atom. The van der Waals surface area contributed by atoms with Gasteiger partial charge in [-0.05, 0) is 11.5 Å². The van der Waals surface area contributed by atoms with Crippen LogP contribution in [0.2, 0.25) is 0 Å². The van der Waals surface area contributed by atoms with Gasteiger partial charge in [0.25, 0.3) is 0 Å². The Kier molecular flexibility index (Phi) is 1.97. The molecule has 1 aromatic rings. The lowest BCUT2D eigenvalue weighted by Crippen LogP contribution is -2.14. The van der Waals surface area contributed by atoms with Crippen molar-refractivity contribution in [2.75, 3.05) is 0 Å². The van der Waals surface area contributed by atoms with Gasteiger partial charge in [0.05, 0.1) is 5.69 Å². The zero-order valence-corrected chi connectivity index (χ0v) is 6.52. The smallest absolute Gasteiger partial charge is 0.214 e. The van der Waals surface area contributed by atoms with Crippen LogP contribution in [0.5, 0.6) is 0 Å². The van der Waals surface area contributed by atoms with Crippen molar-refractivity contribution in [2.45, 2.75) is 5.75 Å². The highest BCUT2D eigenvalue weighted by molar-refractivity contribution is 7.88. The van der Waals surface area contributed by atoms with E-state index in [4.69, 9.17) is 5.14 Å². The molecular weight excluding hydrogens is 174 g/mol. The summed E-state index contributed by atoms with van der Waals surface area (Å²) in [4.78, 5) is 0. The monoisotopic (exact) mass is 179 g/mol. The maximum absolute atomic E-state index is 10.4. The third kappa shape index (κ3) is 2.38. The number of primary sulfonamides is 1. The third-order valence-electron chi connectivity index (χ3n) is 0.754. The molecule has 0 aromatic carbocycles. The molecule has 7 heteroatoms. The summed E-state index contributed by atoms with van der Waals surface area (Å²) in [5.41, 5.74) is 0.396. The van der Waals surface area contributed by atoms with Crippen LogP contribution in [0.4, 0.5) is 0 Å². The van der Waals surface area contributed by atoms with Crippen LogP contribution in [-0.2, 0) is 15.8 Å². The molecule has 5 nitrogen and oxygen atoms in total. The fourth-order valence-corrected chi connectivity index (χ4v) is 1.56. The minimum absolute atomic E-state index is 0.233. The number of hydrogen-bond acceptors (Lipinski definition) is 5. The molecule has 0 aliphatic rings. The van der Waals surface area contributed by atoms with E-state index in [0.29, 0.717) is 5.69 Å². The van der Waals surface area contributed by atoms with Gasteiger partial charge in [-0.15, -0.1) is 5.10 Å². The largest absolute Gasteiger partial charge is 0.228 e. The van der Waals surface area contributed by atoms with Crippen LogP contribution in [0.1, 0.15) is 5.69 Å². The first-order chi connectivity index (χ1) is 4.58. The molecule has 0 fully saturated rings. The predicted octanol–water partition coefficient (Wildman–Crippen LogP) is -0.673. The number of rotatable bonds is 2. The molecule has 10 heavy (non-hydrogen) atoms. The molecule has 2 N–H and O–H groups in total. The van der Waals surface area contributed by atoms with Crippen LogP contribution < -0.4 is 5.14 Å². The third-order valence-corrected chi connectivity index (χ3v) is 2.01. The van der Waals surface area contributed by atoms with Crippen molar-refractivity contribution in [2.24, 2.45) is 5.14 Å². The number of aromatic nitrogens is 2. The van der Waals surface area contributed by atoms with E-state index in [1.807, 2.05) is 0 Å². The van der Waals surface area contributed by atoms with Crippen LogP contribution >= 0.6 is 11.5 Å². The molecule has 0 bridgehead atoms. The Bertz CT molecular complexity index is 290. The molecule has 0 aliphatic heterocycles. The lowest BCUT2D eigenvalue weighted by molar-refractivity contribution is 0.596. The maximum Gasteiger partial charge on any atom is 0.214 e. The van der Waals surface area contributed by atoms with Gasteiger partial charge < -0.3 is 0 Å². The average Bonchev–Trinajstić information content (AvgIpc) is 2.12. The van der Waals surface area contributed by atoms with Crippen molar-refractivity contribution in [3.63, 3.8) is 0 Å². The second kappa shape index (κ2) is 2.60. The van der Waals surface area contributed by atoms with E-state index >= 15 is 0 Å². The molecule has 0 radical (unpaired) electrons. The van der Waals surface area contributed by atoms with Gasteiger partial charge in [0.2, 0.25) is 10.0 Å². The van der Waals surface area contributed by atoms with E-state index in [2.05, 4.69) is 9.59 Å². The van der Waals surface area contributed by atoms with E-state index in [1.165, 1.54) is 0 Å². The minimum atomic E-state index is -3.44. The summed E-state index contributed by atoms with van der Waals surface area (Å²) in [6.07, 6.45) is 0. The van der Waals surface area contributed by atoms with Crippen molar-refractivity contribution >= 4 is 21.6 Å². The molecule has 0 amide bonds. The summed E-state index contributed by atoms with van der Waals surface area (Å²) >= 11 is 1.10. The van der Waals surface area contributed by atoms with Crippen LogP contribution in [0.15, 0.2) is 5.38 Å². The molecule has 0 spiro atoms. The summed E-state index contributed by atoms with van der Waals surface area (Å²) in [6.45, 7) is 0. The van der Waals surface area contributed by atoms with Crippen molar-refractivity contribution in [3.05, 3.63) is 11.1 Å². The van der Waals surface area contributed by atoms with Crippen LogP contribution in [0.25, 0.3) is 0 Å². The second-order valence-electron chi connectivity index (χ2n) is 1.70. The second-order valence-corrected chi connectivity index (χ2v) is 3.93. The van der Waals surface area contributed by atoms with Crippen LogP contribution in [0, 0.1) is 0 Å². The van der Waals surface area contributed by atoms with E-state index in [1.54, 1.807) is 5.38 Å². The van der Waals surface area contributed by atoms with Crippen LogP contribution in [-0.4, -0.2) is 18.0 Å². The molecule has 0 saturated heterocycles. The van der Waals surface area contributed by atoms with E-state index in [9.17, 15) is 8.42 Å². The average molecular weight is 179 g/mol. The summed E-state index contributed by atoms with van der Waals surface area (Å²) in [7, 11) is -3.44. The zero-order valence-electron chi connectivity index (χ0n) is 4.89. The Morgan fingerprint density at radius 2 is 2.40 bits per heavy atom. The molecule has 0 unspecified atom stereocenters. The number of nitrogens with zero attached hydrogens (tertiary/aromatic N) is 2. The molecule has 56 valence electrons. The lowest BCUT2D eigenvalue weighted by atomic mass is 10.6. The molecule has 1 aromatic heterocycles. The summed E-state index contributed by atoms with van der Waals surface area (Å²) in [6, 6.07) is 0. The fraction of sp³-hybridized carbons (Fsp3) is 0.333. The molecule has 0 aliphatic carbocycles. The SMILES string of the molecule is NS(=O)(=O)Cc1csnn1. The molecule has 0 atom stereocenters. The van der Waals surface area contributed by atoms with Crippen molar-refractivity contribution in [3.8, 4) is 0 Å². The first kappa shape index (κ1) is 7.58. The van der Waals surface area contributed by atoms with Gasteiger partial charge in [-0.3, -0.25) is 0 Å². The molecule has 1 heterocycles. The highest BCUT2D eigenvalue weighted by Crippen LogP contribution is 1.99. The van der Waals surface area contributed by atoms with Gasteiger partial charge in [-0.2, -0.15) is 0 Å². The lowest BCUT2D eigenvalue weighted by Gasteiger charge is -1.88. The first-order valence-electron chi connectivity index (χ1n) is 2.34. The van der Waals surface area contributed by atoms with Gasteiger partial charge in [0.15, 0.2) is 0 Å². The Hall–Kier alpha value is -0.530. The van der Waals surface area contributed by atoms with E-state index in [0.717, 1.165) is 11.5 Å². The van der Waals surface area contributed by atoms with Gasteiger partial charge in [0, 0.05) is 5.38 Å². The van der Waals surface area contributed by atoms with Gasteiger partial charge in [0.1, 0.15) is 5.75 Å². The number of hydrogen-bond donors (Lipinski definition) is 1. The Balaban J connectivity index is 2.75. The summed E-state index contributed by atoms with van der Waals surface area (Å²) < 4.78 is 24.3.